The van der Waals surface area contributed by atoms with Crippen LogP contribution in [0.15, 0.2) is 65.7 Å². The van der Waals surface area contributed by atoms with Crippen LogP contribution in [0, 0.1) is 0 Å². The number of rotatable bonds is 5. The van der Waals surface area contributed by atoms with Crippen molar-refractivity contribution in [2.24, 2.45) is 4.99 Å². The van der Waals surface area contributed by atoms with Gasteiger partial charge in [0, 0.05) is 6.54 Å². The Hall–Kier alpha value is -2.33. The quantitative estimate of drug-likeness (QED) is 0.789. The summed E-state index contributed by atoms with van der Waals surface area (Å²) >= 11 is 0. The topological polar surface area (TPSA) is 56.6 Å². The summed E-state index contributed by atoms with van der Waals surface area (Å²) in [6.45, 7) is 0.863. The first-order valence-corrected chi connectivity index (χ1v) is 7.63. The van der Waals surface area contributed by atoms with Gasteiger partial charge in [-0.25, -0.2) is 4.99 Å². The number of aliphatic hydroxyl groups is 1. The Kier molecular flexibility index (Phi) is 4.71. The Morgan fingerprint density at radius 1 is 1.09 bits per heavy atom. The van der Waals surface area contributed by atoms with Crippen LogP contribution in [0.2, 0.25) is 0 Å². The average Bonchev–Trinajstić information content (AvgIpc) is 3.04. The molecular weight excluding hydrogens is 274 g/mol. The maximum absolute atomic E-state index is 9.59. The van der Waals surface area contributed by atoms with E-state index in [9.17, 15) is 5.11 Å². The van der Waals surface area contributed by atoms with Crippen LogP contribution in [0.5, 0.6) is 0 Å². The van der Waals surface area contributed by atoms with E-state index in [0.717, 1.165) is 18.9 Å². The molecule has 0 unspecified atom stereocenters. The van der Waals surface area contributed by atoms with Crippen molar-refractivity contribution in [1.29, 1.82) is 0 Å². The summed E-state index contributed by atoms with van der Waals surface area (Å²) in [6.07, 6.45) is 0.772. The smallest absolute Gasteiger partial charge is 0.192 e. The molecule has 0 saturated carbocycles. The molecule has 3 N–H and O–H groups in total. The standard InChI is InChI=1S/C18H21N3O/c22-13-16(11-14-7-3-1-4-8-14)20-18-19-12-17(21-18)15-9-5-2-6-10-15/h1-10,16-17,22H,11-13H2,(H2,19,20,21)/t16-,17-/m0/s1. The van der Waals surface area contributed by atoms with Crippen LogP contribution in [-0.2, 0) is 6.42 Å². The van der Waals surface area contributed by atoms with Crippen LogP contribution in [0.1, 0.15) is 17.2 Å². The van der Waals surface area contributed by atoms with Gasteiger partial charge in [0.2, 0.25) is 0 Å². The maximum Gasteiger partial charge on any atom is 0.192 e. The largest absolute Gasteiger partial charge is 0.394 e. The van der Waals surface area contributed by atoms with E-state index in [2.05, 4.69) is 39.9 Å². The molecule has 0 amide bonds. The van der Waals surface area contributed by atoms with Crippen molar-refractivity contribution >= 4 is 5.96 Å². The Labute approximate surface area is 130 Å². The summed E-state index contributed by atoms with van der Waals surface area (Å²) in [5.41, 5.74) is 2.41. The molecule has 0 aliphatic carbocycles. The number of benzene rings is 2. The molecule has 4 nitrogen and oxygen atoms in total. The zero-order valence-electron chi connectivity index (χ0n) is 12.4. The van der Waals surface area contributed by atoms with E-state index < -0.39 is 0 Å². The second-order valence-electron chi connectivity index (χ2n) is 5.50. The summed E-state index contributed by atoms with van der Waals surface area (Å²) in [6, 6.07) is 20.5. The summed E-state index contributed by atoms with van der Waals surface area (Å²) in [7, 11) is 0. The minimum Gasteiger partial charge on any atom is -0.394 e. The highest BCUT2D eigenvalue weighted by Gasteiger charge is 2.20. The third-order valence-corrected chi connectivity index (χ3v) is 3.82. The molecule has 0 fully saturated rings. The molecule has 0 saturated heterocycles. The molecule has 3 rings (SSSR count). The van der Waals surface area contributed by atoms with Gasteiger partial charge >= 0.3 is 0 Å². The number of nitrogens with zero attached hydrogens (tertiary/aromatic N) is 1. The normalized spacial score (nSPS) is 18.4. The maximum atomic E-state index is 9.59. The van der Waals surface area contributed by atoms with Gasteiger partial charge in [-0.3, -0.25) is 0 Å². The predicted octanol–water partition coefficient (Wildman–Crippen LogP) is 1.88. The summed E-state index contributed by atoms with van der Waals surface area (Å²) in [5, 5.41) is 16.2. The third-order valence-electron chi connectivity index (χ3n) is 3.82. The summed E-state index contributed by atoms with van der Waals surface area (Å²) in [4.78, 5) is 4.67. The highest BCUT2D eigenvalue weighted by molar-refractivity contribution is 5.82. The molecule has 0 spiro atoms. The Bertz CT molecular complexity index is 613. The zero-order valence-corrected chi connectivity index (χ0v) is 12.4. The molecule has 0 aromatic heterocycles. The molecule has 0 bridgehead atoms. The van der Waals surface area contributed by atoms with Gasteiger partial charge in [0.1, 0.15) is 0 Å². The number of hydrogen-bond acceptors (Lipinski definition) is 4. The minimum absolute atomic E-state index is 0.0387. The third kappa shape index (κ3) is 3.65. The van der Waals surface area contributed by atoms with Gasteiger partial charge in [0.25, 0.3) is 0 Å². The molecule has 1 aliphatic heterocycles. The Morgan fingerprint density at radius 3 is 2.45 bits per heavy atom. The van der Waals surface area contributed by atoms with E-state index in [4.69, 9.17) is 0 Å². The number of aliphatic hydroxyl groups excluding tert-OH is 1. The lowest BCUT2D eigenvalue weighted by molar-refractivity contribution is 0.254. The van der Waals surface area contributed by atoms with Crippen LogP contribution in [0.3, 0.4) is 0 Å². The van der Waals surface area contributed by atoms with E-state index in [1.807, 2.05) is 36.4 Å². The van der Waals surface area contributed by atoms with Crippen LogP contribution < -0.4 is 10.6 Å². The van der Waals surface area contributed by atoms with Crippen molar-refractivity contribution in [3.63, 3.8) is 0 Å². The van der Waals surface area contributed by atoms with Crippen LogP contribution >= 0.6 is 0 Å². The molecule has 1 heterocycles. The first kappa shape index (κ1) is 14.6. The first-order valence-electron chi connectivity index (χ1n) is 7.63. The Morgan fingerprint density at radius 2 is 1.77 bits per heavy atom. The van der Waals surface area contributed by atoms with E-state index in [1.165, 1.54) is 11.1 Å². The van der Waals surface area contributed by atoms with Crippen LogP contribution in [0.25, 0.3) is 0 Å². The molecule has 2 atom stereocenters. The molecular formula is C18H21N3O. The summed E-state index contributed by atoms with van der Waals surface area (Å²) < 4.78 is 0. The van der Waals surface area contributed by atoms with E-state index in [1.54, 1.807) is 0 Å². The molecule has 22 heavy (non-hydrogen) atoms. The second-order valence-corrected chi connectivity index (χ2v) is 5.50. The molecule has 0 radical (unpaired) electrons. The van der Waals surface area contributed by atoms with Gasteiger partial charge in [0.05, 0.1) is 18.7 Å². The molecule has 2 aromatic carbocycles. The second kappa shape index (κ2) is 7.09. The van der Waals surface area contributed by atoms with Crippen LogP contribution in [0.4, 0.5) is 0 Å². The van der Waals surface area contributed by atoms with Crippen molar-refractivity contribution in [2.75, 3.05) is 13.2 Å². The fourth-order valence-corrected chi connectivity index (χ4v) is 2.65. The fraction of sp³-hybridized carbons (Fsp3) is 0.278. The molecule has 1 aliphatic rings. The predicted molar refractivity (Wildman–Crippen MR) is 88.8 cm³/mol. The van der Waals surface area contributed by atoms with Crippen molar-refractivity contribution in [1.82, 2.24) is 10.6 Å². The highest BCUT2D eigenvalue weighted by atomic mass is 16.3. The van der Waals surface area contributed by atoms with Gasteiger partial charge in [0.15, 0.2) is 5.96 Å². The minimum atomic E-state index is -0.0387. The van der Waals surface area contributed by atoms with Crippen molar-refractivity contribution in [3.05, 3.63) is 71.8 Å². The lowest BCUT2D eigenvalue weighted by Crippen LogP contribution is -2.44. The number of aliphatic imine (C=N–C) groups is 1. The van der Waals surface area contributed by atoms with Gasteiger partial charge in [-0.05, 0) is 17.5 Å². The fourth-order valence-electron chi connectivity index (χ4n) is 2.65. The van der Waals surface area contributed by atoms with Gasteiger partial charge in [-0.1, -0.05) is 60.7 Å². The van der Waals surface area contributed by atoms with E-state index in [0.29, 0.717) is 0 Å². The molecule has 114 valence electrons. The van der Waals surface area contributed by atoms with Crippen molar-refractivity contribution < 1.29 is 5.11 Å². The lowest BCUT2D eigenvalue weighted by atomic mass is 10.1. The van der Waals surface area contributed by atoms with Crippen LogP contribution in [-0.4, -0.2) is 30.3 Å². The zero-order chi connectivity index (χ0) is 15.2. The van der Waals surface area contributed by atoms with Gasteiger partial charge in [-0.15, -0.1) is 0 Å². The SMILES string of the molecule is OC[C@H](Cc1ccccc1)NC1=N[C@H](c2ccccc2)CN1. The highest BCUT2D eigenvalue weighted by Crippen LogP contribution is 2.19. The average molecular weight is 295 g/mol. The van der Waals surface area contributed by atoms with Gasteiger partial charge < -0.3 is 15.7 Å². The lowest BCUT2D eigenvalue weighted by Gasteiger charge is -2.17. The van der Waals surface area contributed by atoms with Crippen molar-refractivity contribution in [2.45, 2.75) is 18.5 Å². The number of hydrogen-bond donors (Lipinski definition) is 3. The number of nitrogens with one attached hydrogen (secondary N) is 2. The first-order chi connectivity index (χ1) is 10.8. The Balaban J connectivity index is 1.62. The molecule has 4 heteroatoms. The van der Waals surface area contributed by atoms with Crippen molar-refractivity contribution in [3.8, 4) is 0 Å². The molecule has 2 aromatic rings. The number of guanidine groups is 1. The summed E-state index contributed by atoms with van der Waals surface area (Å²) in [5.74, 6) is 0.767. The van der Waals surface area contributed by atoms with Gasteiger partial charge in [-0.2, -0.15) is 0 Å². The monoisotopic (exact) mass is 295 g/mol. The van der Waals surface area contributed by atoms with E-state index in [-0.39, 0.29) is 18.7 Å². The van der Waals surface area contributed by atoms with E-state index >= 15 is 0 Å².